The van der Waals surface area contributed by atoms with Crippen LogP contribution in [0, 0.1) is 5.41 Å². The van der Waals surface area contributed by atoms with E-state index in [9.17, 15) is 0 Å². The highest BCUT2D eigenvalue weighted by molar-refractivity contribution is 6.24. The van der Waals surface area contributed by atoms with Crippen molar-refractivity contribution in [2.45, 2.75) is 26.2 Å². The minimum Gasteiger partial charge on any atom is -0.492 e. The first kappa shape index (κ1) is 25.7. The molecule has 1 fully saturated rings. The molecule has 8 heteroatoms. The minimum atomic E-state index is 0.499. The molecule has 2 aliphatic rings. The number of aryl methyl sites for hydroxylation is 1. The second-order valence-corrected chi connectivity index (χ2v) is 9.84. The third-order valence-corrected chi connectivity index (χ3v) is 7.25. The smallest absolute Gasteiger partial charge is 0.227 e. The van der Waals surface area contributed by atoms with E-state index in [1.54, 1.807) is 0 Å². The molecule has 0 amide bonds. The summed E-state index contributed by atoms with van der Waals surface area (Å²) >= 11 is 0. The second kappa shape index (κ2) is 11.6. The molecule has 1 saturated heterocycles. The van der Waals surface area contributed by atoms with Gasteiger partial charge in [-0.05, 0) is 50.1 Å². The summed E-state index contributed by atoms with van der Waals surface area (Å²) in [4.78, 5) is 14.3. The number of likely N-dealkylation sites (N-methyl/N-ethyl adjacent to an activating group) is 2. The number of piperazine rings is 1. The number of nitrogens with one attached hydrogen (secondary N) is 3. The fourth-order valence-electron chi connectivity index (χ4n) is 5.09. The fraction of sp³-hybridized carbons (Fsp3) is 0.367. The molecule has 0 atom stereocenters. The Balaban J connectivity index is 1.45. The second-order valence-electron chi connectivity index (χ2n) is 9.84. The first-order valence-corrected chi connectivity index (χ1v) is 13.4. The van der Waals surface area contributed by atoms with Crippen LogP contribution >= 0.6 is 0 Å². The average molecular weight is 512 g/mol. The zero-order chi connectivity index (χ0) is 26.5. The zero-order valence-corrected chi connectivity index (χ0v) is 22.6. The molecule has 38 heavy (non-hydrogen) atoms. The highest BCUT2D eigenvalue weighted by Gasteiger charge is 2.25. The largest absolute Gasteiger partial charge is 0.492 e. The van der Waals surface area contributed by atoms with Crippen molar-refractivity contribution in [2.75, 3.05) is 57.1 Å². The number of ether oxygens (including phenoxy) is 1. The zero-order valence-electron chi connectivity index (χ0n) is 22.6. The van der Waals surface area contributed by atoms with E-state index >= 15 is 0 Å². The number of hydrogen-bond donors (Lipinski definition) is 3. The summed E-state index contributed by atoms with van der Waals surface area (Å²) in [5.41, 5.74) is 7.56. The van der Waals surface area contributed by atoms with Crippen molar-refractivity contribution in [1.29, 1.82) is 5.41 Å². The summed E-state index contributed by atoms with van der Waals surface area (Å²) in [5.74, 6) is 1.29. The van der Waals surface area contributed by atoms with Crippen molar-refractivity contribution < 1.29 is 4.74 Å². The fourth-order valence-corrected chi connectivity index (χ4v) is 5.09. The molecule has 5 rings (SSSR count). The third kappa shape index (κ3) is 5.65. The standard InChI is InChI=1S/C30H37N7O/c1-4-38-27-19-23(37-16-14-36(3)15-17-37)11-13-25(27)34-30-33-20-22-10-12-24(31)28(29(22)35-30)26(32-2)18-21-8-6-5-7-9-21/h5-9,11,13,19-20,31-32H,4,10,12,14-18H2,1-3H3,(H,33,34,35)/b28-26+,31-24?. The lowest BCUT2D eigenvalue weighted by atomic mass is 9.88. The number of hydrogen-bond acceptors (Lipinski definition) is 8. The van der Waals surface area contributed by atoms with Crippen molar-refractivity contribution in [1.82, 2.24) is 20.2 Å². The summed E-state index contributed by atoms with van der Waals surface area (Å²) < 4.78 is 6.03. The highest BCUT2D eigenvalue weighted by atomic mass is 16.5. The van der Waals surface area contributed by atoms with Crippen molar-refractivity contribution in [3.05, 3.63) is 77.2 Å². The molecule has 0 saturated carbocycles. The van der Waals surface area contributed by atoms with Crippen molar-refractivity contribution in [2.24, 2.45) is 0 Å². The summed E-state index contributed by atoms with van der Waals surface area (Å²) in [5, 5.41) is 15.5. The van der Waals surface area contributed by atoms with Gasteiger partial charge in [0.15, 0.2) is 0 Å². The third-order valence-electron chi connectivity index (χ3n) is 7.25. The van der Waals surface area contributed by atoms with Gasteiger partial charge in [-0.2, -0.15) is 0 Å². The van der Waals surface area contributed by atoms with Crippen LogP contribution in [0.2, 0.25) is 0 Å². The Morgan fingerprint density at radius 1 is 1.05 bits per heavy atom. The molecule has 1 aliphatic heterocycles. The monoisotopic (exact) mass is 511 g/mol. The van der Waals surface area contributed by atoms with Crippen LogP contribution in [0.4, 0.5) is 17.3 Å². The molecule has 0 bridgehead atoms. The Labute approximate surface area is 225 Å². The Morgan fingerprint density at radius 2 is 1.84 bits per heavy atom. The van der Waals surface area contributed by atoms with E-state index < -0.39 is 0 Å². The molecule has 0 radical (unpaired) electrons. The van der Waals surface area contributed by atoms with Crippen LogP contribution in [0.5, 0.6) is 5.75 Å². The Morgan fingerprint density at radius 3 is 2.58 bits per heavy atom. The molecule has 8 nitrogen and oxygen atoms in total. The van der Waals surface area contributed by atoms with Crippen molar-refractivity contribution in [3.8, 4) is 5.75 Å². The van der Waals surface area contributed by atoms with Crippen LogP contribution in [0.15, 0.2) is 60.4 Å². The molecular weight excluding hydrogens is 474 g/mol. The Hall–Kier alpha value is -3.91. The van der Waals surface area contributed by atoms with Crippen molar-refractivity contribution in [3.63, 3.8) is 0 Å². The number of anilines is 3. The molecule has 198 valence electrons. The summed E-state index contributed by atoms with van der Waals surface area (Å²) in [6, 6.07) is 16.6. The summed E-state index contributed by atoms with van der Waals surface area (Å²) in [6.07, 6.45) is 4.06. The molecule has 2 heterocycles. The van der Waals surface area contributed by atoms with Gasteiger partial charge in [0.05, 0.1) is 18.0 Å². The van der Waals surface area contributed by atoms with Gasteiger partial charge in [0.25, 0.3) is 0 Å². The lowest BCUT2D eigenvalue weighted by Crippen LogP contribution is -2.44. The number of fused-ring (bicyclic) bond motifs is 1. The predicted octanol–water partition coefficient (Wildman–Crippen LogP) is 4.51. The van der Waals surface area contributed by atoms with Gasteiger partial charge < -0.3 is 30.6 Å². The number of rotatable bonds is 8. The normalized spacial score (nSPS) is 17.1. The highest BCUT2D eigenvalue weighted by Crippen LogP contribution is 2.34. The first-order valence-electron chi connectivity index (χ1n) is 13.4. The lowest BCUT2D eigenvalue weighted by molar-refractivity contribution is 0.312. The molecule has 3 N–H and O–H groups in total. The Kier molecular flexibility index (Phi) is 7.89. The van der Waals surface area contributed by atoms with Crippen LogP contribution in [-0.2, 0) is 12.8 Å². The van der Waals surface area contributed by atoms with E-state index in [1.165, 1.54) is 5.56 Å². The van der Waals surface area contributed by atoms with Crippen LogP contribution in [-0.4, -0.2) is 67.5 Å². The maximum absolute atomic E-state index is 8.78. The van der Waals surface area contributed by atoms with E-state index in [2.05, 4.69) is 62.8 Å². The molecular formula is C30H37N7O. The maximum atomic E-state index is 8.78. The van der Waals surface area contributed by atoms with Gasteiger partial charge in [0.2, 0.25) is 5.95 Å². The first-order chi connectivity index (χ1) is 18.6. The Bertz CT molecular complexity index is 1310. The van der Waals surface area contributed by atoms with Crippen LogP contribution in [0.1, 0.15) is 30.2 Å². The van der Waals surface area contributed by atoms with Gasteiger partial charge in [-0.3, -0.25) is 0 Å². The average Bonchev–Trinajstić information content (AvgIpc) is 2.94. The van der Waals surface area contributed by atoms with Gasteiger partial charge >= 0.3 is 0 Å². The number of aromatic nitrogens is 2. The molecule has 3 aromatic rings. The van der Waals surface area contributed by atoms with Gasteiger partial charge in [-0.25, -0.2) is 9.97 Å². The van der Waals surface area contributed by atoms with Crippen LogP contribution in [0.25, 0.3) is 5.57 Å². The van der Waals surface area contributed by atoms with Crippen molar-refractivity contribution >= 4 is 28.6 Å². The maximum Gasteiger partial charge on any atom is 0.227 e. The molecule has 1 aromatic heterocycles. The SMILES string of the molecule is CCOc1cc(N2CCN(C)CC2)ccc1Nc1ncc2c(n1)/C(=C(\Cc1ccccc1)NC)C(=N)CC2. The quantitative estimate of drug-likeness (QED) is 0.410. The molecule has 1 aliphatic carbocycles. The molecule has 0 spiro atoms. The van der Waals surface area contributed by atoms with Gasteiger partial charge in [-0.1, -0.05) is 30.3 Å². The molecule has 2 aromatic carbocycles. The predicted molar refractivity (Wildman–Crippen MR) is 155 cm³/mol. The lowest BCUT2D eigenvalue weighted by Gasteiger charge is -2.34. The van der Waals surface area contributed by atoms with Gasteiger partial charge in [0.1, 0.15) is 5.75 Å². The summed E-state index contributed by atoms with van der Waals surface area (Å²) in [6.45, 7) is 6.67. The minimum absolute atomic E-state index is 0.499. The summed E-state index contributed by atoms with van der Waals surface area (Å²) in [7, 11) is 4.08. The van der Waals surface area contributed by atoms with E-state index in [0.717, 1.165) is 72.3 Å². The van der Waals surface area contributed by atoms with Gasteiger partial charge in [-0.15, -0.1) is 0 Å². The van der Waals surface area contributed by atoms with Gasteiger partial charge in [0, 0.05) is 74.6 Å². The van der Waals surface area contributed by atoms with E-state index in [0.29, 0.717) is 31.1 Å². The van der Waals surface area contributed by atoms with E-state index in [4.69, 9.17) is 15.1 Å². The number of benzene rings is 2. The number of nitrogens with zero attached hydrogens (tertiary/aromatic N) is 4. The topological polar surface area (TPSA) is 89.4 Å². The van der Waals surface area contributed by atoms with Crippen LogP contribution < -0.4 is 20.3 Å². The number of allylic oxidation sites excluding steroid dienone is 2. The van der Waals surface area contributed by atoms with E-state index in [-0.39, 0.29) is 0 Å². The van der Waals surface area contributed by atoms with Crippen LogP contribution in [0.3, 0.4) is 0 Å². The molecule has 0 unspecified atom stereocenters. The van der Waals surface area contributed by atoms with E-state index in [1.807, 2.05) is 38.4 Å².